The van der Waals surface area contributed by atoms with Crippen LogP contribution in [0.3, 0.4) is 0 Å². The van der Waals surface area contributed by atoms with E-state index < -0.39 is 11.5 Å². The molecule has 3 aromatic heterocycles. The van der Waals surface area contributed by atoms with Gasteiger partial charge in [-0.3, -0.25) is 0 Å². The molecule has 1 aliphatic rings. The topological polar surface area (TPSA) is 97.2 Å². The average Bonchev–Trinajstić information content (AvgIpc) is 3.91. The van der Waals surface area contributed by atoms with Crippen LogP contribution in [0.4, 0.5) is 0 Å². The van der Waals surface area contributed by atoms with Crippen LogP contribution in [-0.4, -0.2) is 100 Å². The number of rotatable bonds is 5. The van der Waals surface area contributed by atoms with Crippen molar-refractivity contribution < 1.29 is 14.6 Å². The highest BCUT2D eigenvalue weighted by atomic mass is 32.2. The molecule has 7 nitrogen and oxygen atoms in total. The molecule has 0 aliphatic carbocycles. The Labute approximate surface area is 405 Å². The van der Waals surface area contributed by atoms with Crippen molar-refractivity contribution in [1.82, 2.24) is 19.5 Å². The maximum absolute atomic E-state index is 11.9. The van der Waals surface area contributed by atoms with E-state index in [0.29, 0.717) is 82.7 Å². The molecule has 0 atom stereocenters. The van der Waals surface area contributed by atoms with Gasteiger partial charge >= 0.3 is 0 Å². The summed E-state index contributed by atoms with van der Waals surface area (Å²) in [5.74, 6) is 0.509. The fourth-order valence-electron chi connectivity index (χ4n) is 9.61. The molecule has 2 N–H and O–H groups in total. The van der Waals surface area contributed by atoms with Gasteiger partial charge in [-0.1, -0.05) is 136 Å². The summed E-state index contributed by atoms with van der Waals surface area (Å²) in [4.78, 5) is 16.1. The first-order valence-corrected chi connectivity index (χ1v) is 22.0. The molecule has 0 unspecified atom stereocenters. The van der Waals surface area contributed by atoms with Crippen LogP contribution in [0.1, 0.15) is 0 Å². The smallest absolute Gasteiger partial charge is 0.164 e. The molecule has 17 heteroatoms. The molecule has 4 heterocycles. The highest BCUT2D eigenvalue weighted by Crippen LogP contribution is 2.51. The minimum atomic E-state index is -0.519. The molecule has 0 bridgehead atoms. The van der Waals surface area contributed by atoms with Crippen molar-refractivity contribution in [2.75, 3.05) is 0 Å². The van der Waals surface area contributed by atoms with Gasteiger partial charge in [0, 0.05) is 48.0 Å². The molecular formula is C51H21B9N4O3S. The monoisotopic (exact) mass is 868 g/mol. The van der Waals surface area contributed by atoms with Gasteiger partial charge in [0.2, 0.25) is 0 Å². The van der Waals surface area contributed by atoms with Crippen molar-refractivity contribution in [2.45, 2.75) is 9.79 Å². The lowest BCUT2D eigenvalue weighted by atomic mass is 9.67. The van der Waals surface area contributed by atoms with Gasteiger partial charge in [-0.15, -0.1) is 5.46 Å². The molecule has 18 radical (unpaired) electrons. The molecule has 0 amide bonds. The summed E-state index contributed by atoms with van der Waals surface area (Å²) in [6.45, 7) is 0. The van der Waals surface area contributed by atoms with Crippen molar-refractivity contribution >= 4 is 175 Å². The quantitative estimate of drug-likeness (QED) is 0.257. The molecule has 296 valence electrons. The Balaban J connectivity index is 1.14. The number of furan rings is 1. The second-order valence-electron chi connectivity index (χ2n) is 16.6. The van der Waals surface area contributed by atoms with E-state index in [0.717, 1.165) is 27.5 Å². The summed E-state index contributed by atoms with van der Waals surface area (Å²) >= 11 is 1.31. The first-order valence-electron chi connectivity index (χ1n) is 21.2. The van der Waals surface area contributed by atoms with Crippen LogP contribution in [0.5, 0.6) is 11.5 Å². The van der Waals surface area contributed by atoms with Crippen LogP contribution in [-0.2, 0) is 0 Å². The second kappa shape index (κ2) is 15.5. The minimum Gasteiger partial charge on any atom is -0.509 e. The Bertz CT molecular complexity index is 3950. The number of phenols is 2. The lowest BCUT2D eigenvalue weighted by molar-refractivity contribution is 0.464. The van der Waals surface area contributed by atoms with E-state index in [4.69, 9.17) is 90.0 Å². The fraction of sp³-hybridized carbons (Fsp3) is 0. The predicted octanol–water partition coefficient (Wildman–Crippen LogP) is 2.22. The first kappa shape index (κ1) is 42.3. The van der Waals surface area contributed by atoms with Crippen LogP contribution in [0.2, 0.25) is 0 Å². The van der Waals surface area contributed by atoms with Crippen molar-refractivity contribution in [3.8, 4) is 73.6 Å². The van der Waals surface area contributed by atoms with Gasteiger partial charge in [0.05, 0.1) is 16.7 Å². The second-order valence-corrected chi connectivity index (χ2v) is 17.7. The summed E-state index contributed by atoms with van der Waals surface area (Å²) in [5, 5.41) is 25.2. The van der Waals surface area contributed by atoms with Crippen molar-refractivity contribution in [1.29, 1.82) is 0 Å². The third-order valence-corrected chi connectivity index (χ3v) is 13.9. The normalized spacial score (nSPS) is 12.1. The maximum atomic E-state index is 11.9. The molecule has 0 fully saturated rings. The molecule has 12 rings (SSSR count). The van der Waals surface area contributed by atoms with Gasteiger partial charge in [0.15, 0.2) is 17.5 Å². The van der Waals surface area contributed by atoms with Gasteiger partial charge in [-0.25, -0.2) is 15.0 Å². The molecule has 1 aliphatic heterocycles. The van der Waals surface area contributed by atoms with Crippen LogP contribution >= 0.6 is 11.8 Å². The standard InChI is InChI=1S/C51H21B9N4O3S/c52-23-17-26(53)34(27(54)18-23)35-39(57)36-37-40(58)45(65)42(60)46(66)43(37)64-29-19-28(55)38(56)32(47(29)68-48(41(35)59)44(36)64)22-14-15-30-25(16-22)33-24(12-7-13-31(33)67-30)51-62-49(20-8-3-1-4-9-20)61-50(63-51)21-10-5-2-6-11-21/h1-19,65-66H. The lowest BCUT2D eigenvalue weighted by Crippen LogP contribution is -2.34. The summed E-state index contributed by atoms with van der Waals surface area (Å²) in [6, 6.07) is 35.9. The Morgan fingerprint density at radius 2 is 1.09 bits per heavy atom. The molecule has 68 heavy (non-hydrogen) atoms. The number of fused-ring (bicyclic) bond motifs is 8. The van der Waals surface area contributed by atoms with Crippen LogP contribution in [0, 0.1) is 0 Å². The average molecular weight is 867 g/mol. The summed E-state index contributed by atoms with van der Waals surface area (Å²) < 4.78 is 8.26. The van der Waals surface area contributed by atoms with Crippen molar-refractivity contribution in [3.63, 3.8) is 0 Å². The number of phenolic OH excluding ortho intramolecular Hbond substituents is 2. The van der Waals surface area contributed by atoms with E-state index in [9.17, 15) is 10.2 Å². The van der Waals surface area contributed by atoms with Gasteiger partial charge in [-0.05, 0) is 57.4 Å². The van der Waals surface area contributed by atoms with Crippen LogP contribution < -0.4 is 49.2 Å². The zero-order valence-electron chi connectivity index (χ0n) is 35.7. The minimum absolute atomic E-state index is 0.124. The van der Waals surface area contributed by atoms with Crippen LogP contribution in [0.15, 0.2) is 129 Å². The molecule has 8 aromatic carbocycles. The van der Waals surface area contributed by atoms with E-state index in [1.54, 1.807) is 22.8 Å². The Morgan fingerprint density at radius 3 is 1.75 bits per heavy atom. The van der Waals surface area contributed by atoms with Crippen LogP contribution in [0.25, 0.3) is 106 Å². The number of nitrogens with zero attached hydrogens (tertiary/aromatic N) is 4. The Hall–Kier alpha value is -7.10. The zero-order valence-corrected chi connectivity index (χ0v) is 36.5. The molecule has 0 saturated heterocycles. The number of hydrogen-bond donors (Lipinski definition) is 2. The third-order valence-electron chi connectivity index (χ3n) is 12.7. The highest BCUT2D eigenvalue weighted by molar-refractivity contribution is 8.00. The van der Waals surface area contributed by atoms with Gasteiger partial charge in [0.25, 0.3) is 0 Å². The summed E-state index contributed by atoms with van der Waals surface area (Å²) in [6.07, 6.45) is 0. The zero-order chi connectivity index (χ0) is 47.0. The predicted molar refractivity (Wildman–Crippen MR) is 285 cm³/mol. The van der Waals surface area contributed by atoms with E-state index in [1.807, 2.05) is 97.1 Å². The molecular weight excluding hydrogens is 846 g/mol. The van der Waals surface area contributed by atoms with Crippen molar-refractivity contribution in [2.24, 2.45) is 0 Å². The van der Waals surface area contributed by atoms with E-state index in [2.05, 4.69) is 0 Å². The fourth-order valence-corrected chi connectivity index (χ4v) is 10.9. The number of aromatic hydroxyl groups is 2. The molecule has 0 spiro atoms. The highest BCUT2D eigenvalue weighted by Gasteiger charge is 2.34. The lowest BCUT2D eigenvalue weighted by Gasteiger charge is -2.29. The largest absolute Gasteiger partial charge is 0.509 e. The van der Waals surface area contributed by atoms with Gasteiger partial charge in [0.1, 0.15) is 93.3 Å². The molecule has 0 saturated carbocycles. The number of benzene rings is 8. The molecule has 11 aromatic rings. The Kier molecular flexibility index (Phi) is 9.62. The Morgan fingerprint density at radius 1 is 0.456 bits per heavy atom. The first-order chi connectivity index (χ1) is 32.8. The number of aromatic nitrogens is 4. The van der Waals surface area contributed by atoms with E-state index in [1.165, 1.54) is 11.8 Å². The summed E-state index contributed by atoms with van der Waals surface area (Å²) in [5.41, 5.74) is 7.79. The maximum Gasteiger partial charge on any atom is 0.164 e. The van der Waals surface area contributed by atoms with E-state index >= 15 is 0 Å². The number of hydrogen-bond acceptors (Lipinski definition) is 7. The van der Waals surface area contributed by atoms with Gasteiger partial charge in [-0.2, -0.15) is 0 Å². The summed E-state index contributed by atoms with van der Waals surface area (Å²) in [7, 11) is 60.6. The van der Waals surface area contributed by atoms with Gasteiger partial charge < -0.3 is 19.2 Å². The SMILES string of the molecule is [B]c1cc([B])c(-c2c([B])c3c4c(c2[B])c2c([B])c(O)c([B])c(O)c2n4-c2cc([B])c([B])c(-c4ccc5oc6cccc(-c7nc(-c8ccccc8)nc(-c8ccccc8)n7)c6c5c4)c2S3)c([B])c1. The third kappa shape index (κ3) is 6.10. The van der Waals surface area contributed by atoms with Crippen molar-refractivity contribution in [3.05, 3.63) is 115 Å². The van der Waals surface area contributed by atoms with E-state index in [-0.39, 0.29) is 54.6 Å².